The van der Waals surface area contributed by atoms with E-state index in [-0.39, 0.29) is 11.8 Å². The number of hydrogen-bond acceptors (Lipinski definition) is 4. The lowest BCUT2D eigenvalue weighted by Gasteiger charge is -2.05. The van der Waals surface area contributed by atoms with E-state index in [0.29, 0.717) is 22.8 Å². The maximum absolute atomic E-state index is 12.3. The molecule has 0 saturated carbocycles. The molecule has 0 spiro atoms. The number of fused-ring (bicyclic) bond motifs is 1. The van der Waals surface area contributed by atoms with Gasteiger partial charge in [0.1, 0.15) is 0 Å². The number of nitrogens with one attached hydrogen (secondary N) is 2. The van der Waals surface area contributed by atoms with E-state index < -0.39 is 0 Å². The van der Waals surface area contributed by atoms with Gasteiger partial charge in [0.05, 0.1) is 10.2 Å². The first-order valence-electron chi connectivity index (χ1n) is 7.64. The smallest absolute Gasteiger partial charge is 0.257 e. The Bertz CT molecular complexity index is 900. The van der Waals surface area contributed by atoms with Crippen LogP contribution in [0.3, 0.4) is 0 Å². The maximum Gasteiger partial charge on any atom is 0.257 e. The van der Waals surface area contributed by atoms with E-state index in [4.69, 9.17) is 0 Å². The summed E-state index contributed by atoms with van der Waals surface area (Å²) in [5.41, 5.74) is 3.19. The van der Waals surface area contributed by atoms with Gasteiger partial charge in [0, 0.05) is 17.7 Å². The van der Waals surface area contributed by atoms with Crippen molar-refractivity contribution in [1.82, 2.24) is 4.98 Å². The van der Waals surface area contributed by atoms with E-state index in [1.54, 1.807) is 31.2 Å². The molecule has 3 aromatic rings. The Labute approximate surface area is 143 Å². The van der Waals surface area contributed by atoms with Gasteiger partial charge in [-0.25, -0.2) is 4.98 Å². The minimum absolute atomic E-state index is 0.0583. The summed E-state index contributed by atoms with van der Waals surface area (Å²) in [6.45, 7) is 3.79. The van der Waals surface area contributed by atoms with Gasteiger partial charge in [-0.1, -0.05) is 30.4 Å². The molecule has 0 aliphatic carbocycles. The lowest BCUT2D eigenvalue weighted by atomic mass is 10.2. The molecule has 0 atom stereocenters. The molecule has 1 heterocycles. The second kappa shape index (κ2) is 6.80. The highest BCUT2D eigenvalue weighted by atomic mass is 32.1. The third kappa shape index (κ3) is 3.44. The number of hydrogen-bond donors (Lipinski definition) is 2. The first kappa shape index (κ1) is 16.1. The molecule has 1 aromatic heterocycles. The van der Waals surface area contributed by atoms with Crippen LogP contribution in [0.4, 0.5) is 10.8 Å². The predicted octanol–water partition coefficient (Wildman–Crippen LogP) is 4.21. The van der Waals surface area contributed by atoms with E-state index in [9.17, 15) is 9.59 Å². The van der Waals surface area contributed by atoms with Gasteiger partial charge in [0.25, 0.3) is 5.91 Å². The minimum Gasteiger partial charge on any atom is -0.326 e. The van der Waals surface area contributed by atoms with Crippen molar-refractivity contribution in [3.05, 3.63) is 53.6 Å². The molecule has 24 heavy (non-hydrogen) atoms. The minimum atomic E-state index is -0.222. The van der Waals surface area contributed by atoms with Crippen LogP contribution in [0, 0.1) is 6.92 Å². The van der Waals surface area contributed by atoms with Crippen molar-refractivity contribution in [1.29, 1.82) is 0 Å². The van der Waals surface area contributed by atoms with Crippen molar-refractivity contribution in [2.75, 3.05) is 10.6 Å². The maximum atomic E-state index is 12.3. The van der Waals surface area contributed by atoms with Crippen LogP contribution < -0.4 is 10.6 Å². The number of thiazole rings is 1. The average molecular weight is 339 g/mol. The highest BCUT2D eigenvalue weighted by Gasteiger charge is 2.11. The summed E-state index contributed by atoms with van der Waals surface area (Å²) >= 11 is 1.45. The van der Waals surface area contributed by atoms with Crippen LogP contribution in [0.1, 0.15) is 29.3 Å². The zero-order valence-corrected chi connectivity index (χ0v) is 14.2. The Hall–Kier alpha value is -2.73. The van der Waals surface area contributed by atoms with Crippen LogP contribution in [0.2, 0.25) is 0 Å². The molecule has 3 rings (SSSR count). The molecular weight excluding hydrogens is 322 g/mol. The third-order valence-corrected chi connectivity index (χ3v) is 4.53. The van der Waals surface area contributed by atoms with Crippen LogP contribution in [-0.4, -0.2) is 16.8 Å². The zero-order valence-electron chi connectivity index (χ0n) is 13.4. The van der Waals surface area contributed by atoms with Gasteiger partial charge >= 0.3 is 0 Å². The summed E-state index contributed by atoms with van der Waals surface area (Å²) in [5, 5.41) is 6.15. The third-order valence-electron chi connectivity index (χ3n) is 3.59. The molecule has 0 radical (unpaired) electrons. The highest BCUT2D eigenvalue weighted by Crippen LogP contribution is 2.28. The van der Waals surface area contributed by atoms with Crippen LogP contribution in [0.5, 0.6) is 0 Å². The van der Waals surface area contributed by atoms with E-state index in [0.717, 1.165) is 15.8 Å². The molecule has 0 fully saturated rings. The second-order valence-electron chi connectivity index (χ2n) is 5.37. The number of carbonyl (C=O) groups is 2. The molecule has 0 aliphatic heterocycles. The molecule has 0 bridgehead atoms. The number of rotatable bonds is 4. The number of nitrogens with zero attached hydrogens (tertiary/aromatic N) is 1. The van der Waals surface area contributed by atoms with E-state index in [1.807, 2.05) is 25.1 Å². The molecular formula is C18H17N3O2S. The van der Waals surface area contributed by atoms with Crippen molar-refractivity contribution < 1.29 is 9.59 Å². The Morgan fingerprint density at radius 3 is 2.50 bits per heavy atom. The van der Waals surface area contributed by atoms with Crippen molar-refractivity contribution in [3.63, 3.8) is 0 Å². The summed E-state index contributed by atoms with van der Waals surface area (Å²) in [7, 11) is 0. The van der Waals surface area contributed by atoms with Gasteiger partial charge < -0.3 is 5.32 Å². The normalized spacial score (nSPS) is 10.6. The standard InChI is InChI=1S/C18H17N3O2S/c1-3-15(22)19-13-9-7-12(8-10-13)17(23)21-18-20-16-11(2)5-4-6-14(16)24-18/h4-10H,3H2,1-2H3,(H,19,22)(H,20,21,23). The number of para-hydroxylation sites is 1. The molecule has 0 saturated heterocycles. The summed E-state index contributed by atoms with van der Waals surface area (Å²) in [6, 6.07) is 12.7. The molecule has 2 aromatic carbocycles. The Morgan fingerprint density at radius 2 is 1.83 bits per heavy atom. The largest absolute Gasteiger partial charge is 0.326 e. The second-order valence-corrected chi connectivity index (χ2v) is 6.40. The number of carbonyl (C=O) groups excluding carboxylic acids is 2. The van der Waals surface area contributed by atoms with Crippen LogP contribution in [0.15, 0.2) is 42.5 Å². The molecule has 2 N–H and O–H groups in total. The molecule has 0 aliphatic rings. The summed E-state index contributed by atoms with van der Waals surface area (Å²) in [4.78, 5) is 28.2. The number of anilines is 2. The van der Waals surface area contributed by atoms with E-state index >= 15 is 0 Å². The Kier molecular flexibility index (Phi) is 4.57. The first-order chi connectivity index (χ1) is 11.6. The Balaban J connectivity index is 1.74. The van der Waals surface area contributed by atoms with E-state index in [1.165, 1.54) is 11.3 Å². The lowest BCUT2D eigenvalue weighted by molar-refractivity contribution is -0.115. The van der Waals surface area contributed by atoms with Gasteiger partial charge in [0.2, 0.25) is 5.91 Å². The van der Waals surface area contributed by atoms with Crippen molar-refractivity contribution in [2.24, 2.45) is 0 Å². The number of aromatic nitrogens is 1. The van der Waals surface area contributed by atoms with Gasteiger partial charge in [-0.2, -0.15) is 0 Å². The van der Waals surface area contributed by atoms with Gasteiger partial charge in [-0.15, -0.1) is 0 Å². The topological polar surface area (TPSA) is 71.1 Å². The van der Waals surface area contributed by atoms with E-state index in [2.05, 4.69) is 15.6 Å². The number of benzene rings is 2. The zero-order chi connectivity index (χ0) is 17.1. The fourth-order valence-corrected chi connectivity index (χ4v) is 3.20. The monoisotopic (exact) mass is 339 g/mol. The predicted molar refractivity (Wildman–Crippen MR) is 97.7 cm³/mol. The van der Waals surface area contributed by atoms with Crippen LogP contribution in [0.25, 0.3) is 10.2 Å². The summed E-state index contributed by atoms with van der Waals surface area (Å²) in [6.07, 6.45) is 0.416. The Morgan fingerprint density at radius 1 is 1.08 bits per heavy atom. The van der Waals surface area contributed by atoms with Crippen LogP contribution in [-0.2, 0) is 4.79 Å². The summed E-state index contributed by atoms with van der Waals surface area (Å²) in [5.74, 6) is -0.280. The summed E-state index contributed by atoms with van der Waals surface area (Å²) < 4.78 is 1.04. The van der Waals surface area contributed by atoms with Crippen molar-refractivity contribution in [3.8, 4) is 0 Å². The number of amides is 2. The van der Waals surface area contributed by atoms with Crippen LogP contribution >= 0.6 is 11.3 Å². The first-order valence-corrected chi connectivity index (χ1v) is 8.46. The van der Waals surface area contributed by atoms with Gasteiger partial charge in [-0.3, -0.25) is 14.9 Å². The van der Waals surface area contributed by atoms with Crippen molar-refractivity contribution >= 4 is 44.2 Å². The fraction of sp³-hybridized carbons (Fsp3) is 0.167. The van der Waals surface area contributed by atoms with Gasteiger partial charge in [-0.05, 0) is 42.8 Å². The molecule has 6 heteroatoms. The highest BCUT2D eigenvalue weighted by molar-refractivity contribution is 7.22. The molecule has 2 amide bonds. The lowest BCUT2D eigenvalue weighted by Crippen LogP contribution is -2.12. The SMILES string of the molecule is CCC(=O)Nc1ccc(C(=O)Nc2nc3c(C)cccc3s2)cc1. The molecule has 122 valence electrons. The van der Waals surface area contributed by atoms with Crippen molar-refractivity contribution in [2.45, 2.75) is 20.3 Å². The molecule has 0 unspecified atom stereocenters. The molecule has 5 nitrogen and oxygen atoms in total. The number of aryl methyl sites for hydroxylation is 1. The quantitative estimate of drug-likeness (QED) is 0.748. The average Bonchev–Trinajstić information content (AvgIpc) is 2.99. The van der Waals surface area contributed by atoms with Gasteiger partial charge in [0.15, 0.2) is 5.13 Å². The fourth-order valence-electron chi connectivity index (χ4n) is 2.26.